The van der Waals surface area contributed by atoms with Crippen molar-refractivity contribution in [2.24, 2.45) is 5.92 Å². The van der Waals surface area contributed by atoms with Crippen LogP contribution in [-0.4, -0.2) is 36.7 Å². The van der Waals surface area contributed by atoms with Crippen LogP contribution in [0, 0.1) is 5.92 Å². The van der Waals surface area contributed by atoms with Crippen LogP contribution in [-0.2, 0) is 6.42 Å². The first-order chi connectivity index (χ1) is 16.0. The van der Waals surface area contributed by atoms with Crippen molar-refractivity contribution in [2.45, 2.75) is 20.3 Å². The molecule has 0 fully saturated rings. The van der Waals surface area contributed by atoms with E-state index in [1.54, 1.807) is 21.1 Å². The Morgan fingerprint density at radius 3 is 2.36 bits per heavy atom. The first-order valence-corrected chi connectivity index (χ1v) is 11.0. The maximum Gasteiger partial charge on any atom is 0.159 e. The minimum Gasteiger partial charge on any atom is -0.497 e. The second kappa shape index (κ2) is 11.3. The fraction of sp³-hybridized carbons (Fsp3) is 0.250. The highest BCUT2D eigenvalue weighted by Gasteiger charge is 2.09. The molecule has 1 atom stereocenters. The molecule has 3 aromatic carbocycles. The van der Waals surface area contributed by atoms with Crippen LogP contribution in [0.3, 0.4) is 0 Å². The Kier molecular flexibility index (Phi) is 8.28. The highest BCUT2D eigenvalue weighted by Crippen LogP contribution is 2.33. The largest absolute Gasteiger partial charge is 0.497 e. The highest BCUT2D eigenvalue weighted by atomic mass is 16.5. The maximum absolute atomic E-state index is 11.3. The van der Waals surface area contributed by atoms with Crippen LogP contribution < -0.4 is 9.47 Å². The third kappa shape index (κ3) is 6.02. The van der Waals surface area contributed by atoms with Gasteiger partial charge in [-0.3, -0.25) is 4.79 Å². The van der Waals surface area contributed by atoms with E-state index in [9.17, 15) is 4.79 Å². The summed E-state index contributed by atoms with van der Waals surface area (Å²) >= 11 is 0. The summed E-state index contributed by atoms with van der Waals surface area (Å²) in [6.45, 7) is 3.86. The van der Waals surface area contributed by atoms with E-state index in [0.29, 0.717) is 11.5 Å². The quantitative estimate of drug-likeness (QED) is 0.347. The molecular formula is C28H31NO4. The summed E-state index contributed by atoms with van der Waals surface area (Å²) < 4.78 is 10.6. The van der Waals surface area contributed by atoms with Gasteiger partial charge in [0.05, 0.1) is 14.2 Å². The second-order valence-electron chi connectivity index (χ2n) is 8.05. The predicted octanol–water partition coefficient (Wildman–Crippen LogP) is 5.91. The Balaban J connectivity index is 0.000000194. The topological polar surface area (TPSA) is 71.6 Å². The number of carbonyl (C=O) groups excluding carboxylic acids is 1. The van der Waals surface area contributed by atoms with Crippen molar-refractivity contribution in [2.75, 3.05) is 20.8 Å². The van der Waals surface area contributed by atoms with Crippen LogP contribution in [0.2, 0.25) is 0 Å². The molecule has 5 nitrogen and oxygen atoms in total. The van der Waals surface area contributed by atoms with Gasteiger partial charge in [0.1, 0.15) is 11.5 Å². The molecule has 0 aliphatic carbocycles. The zero-order chi connectivity index (χ0) is 23.8. The first kappa shape index (κ1) is 24.1. The van der Waals surface area contributed by atoms with Gasteiger partial charge < -0.3 is 19.6 Å². The Hall–Kier alpha value is -3.57. The molecule has 0 saturated carbocycles. The molecule has 1 aromatic heterocycles. The zero-order valence-electron chi connectivity index (χ0n) is 19.6. The number of aromatic amines is 1. The number of aromatic nitrogens is 1. The molecule has 0 saturated heterocycles. The summed E-state index contributed by atoms with van der Waals surface area (Å²) in [7, 11) is 3.26. The molecule has 0 amide bonds. The molecule has 1 unspecified atom stereocenters. The number of rotatable bonds is 7. The summed E-state index contributed by atoms with van der Waals surface area (Å²) in [6, 6.07) is 21.4. The van der Waals surface area contributed by atoms with E-state index in [2.05, 4.69) is 24.0 Å². The van der Waals surface area contributed by atoms with Crippen LogP contribution in [0.15, 0.2) is 72.9 Å². The van der Waals surface area contributed by atoms with Gasteiger partial charge in [-0.15, -0.1) is 0 Å². The number of ether oxygens (including phenoxy) is 2. The molecule has 4 aromatic rings. The van der Waals surface area contributed by atoms with Gasteiger partial charge in [0.2, 0.25) is 0 Å². The van der Waals surface area contributed by atoms with E-state index in [1.165, 1.54) is 16.5 Å². The molecule has 1 heterocycles. The van der Waals surface area contributed by atoms with Gasteiger partial charge in [0, 0.05) is 34.8 Å². The summed E-state index contributed by atoms with van der Waals surface area (Å²) in [5.41, 5.74) is 5.10. The molecule has 33 heavy (non-hydrogen) atoms. The number of Topliss-reactive ketones (excluding diaryl/α,β-unsaturated/α-hetero) is 1. The van der Waals surface area contributed by atoms with Gasteiger partial charge in [-0.05, 0) is 54.7 Å². The minimum atomic E-state index is 0.0594. The van der Waals surface area contributed by atoms with Crippen LogP contribution in [0.4, 0.5) is 0 Å². The van der Waals surface area contributed by atoms with Crippen LogP contribution >= 0.6 is 0 Å². The van der Waals surface area contributed by atoms with Crippen LogP contribution in [0.1, 0.15) is 29.8 Å². The van der Waals surface area contributed by atoms with Crippen molar-refractivity contribution in [1.29, 1.82) is 0 Å². The third-order valence-electron chi connectivity index (χ3n) is 5.56. The van der Waals surface area contributed by atoms with Gasteiger partial charge in [0.15, 0.2) is 5.78 Å². The number of aliphatic hydroxyl groups is 1. The first-order valence-electron chi connectivity index (χ1n) is 11.0. The van der Waals surface area contributed by atoms with E-state index >= 15 is 0 Å². The lowest BCUT2D eigenvalue weighted by Gasteiger charge is -2.11. The maximum atomic E-state index is 11.3. The molecule has 4 rings (SSSR count). The molecule has 0 radical (unpaired) electrons. The zero-order valence-corrected chi connectivity index (χ0v) is 19.6. The van der Waals surface area contributed by atoms with Gasteiger partial charge in [-0.25, -0.2) is 0 Å². The molecule has 172 valence electrons. The molecule has 5 heteroatoms. The number of aliphatic hydroxyl groups excluding tert-OH is 1. The van der Waals surface area contributed by atoms with Crippen molar-refractivity contribution in [3.63, 3.8) is 0 Å². The fourth-order valence-corrected chi connectivity index (χ4v) is 3.66. The van der Waals surface area contributed by atoms with Crippen molar-refractivity contribution in [3.05, 3.63) is 84.1 Å². The second-order valence-corrected chi connectivity index (χ2v) is 8.05. The number of fused-ring (bicyclic) bond motifs is 1. The average molecular weight is 446 g/mol. The van der Waals surface area contributed by atoms with Crippen molar-refractivity contribution in [3.8, 4) is 22.6 Å². The third-order valence-corrected chi connectivity index (χ3v) is 5.56. The molecule has 0 bridgehead atoms. The Bertz CT molecular complexity index is 1190. The molecule has 0 aliphatic heterocycles. The van der Waals surface area contributed by atoms with E-state index in [-0.39, 0.29) is 12.4 Å². The SMILES string of the molecule is CC(CO)Cc1c[nH]c2ccccc12.COc1ccc(OC)c(-c2ccc(C(C)=O)cc2)c1. The predicted molar refractivity (Wildman–Crippen MR) is 133 cm³/mol. The Labute approximate surface area is 195 Å². The number of benzene rings is 3. The lowest BCUT2D eigenvalue weighted by molar-refractivity contribution is 0.101. The van der Waals surface area contributed by atoms with Crippen LogP contribution in [0.25, 0.3) is 22.0 Å². The number of hydrogen-bond acceptors (Lipinski definition) is 4. The van der Waals surface area contributed by atoms with E-state index in [1.807, 2.05) is 60.8 Å². The lowest BCUT2D eigenvalue weighted by atomic mass is 10.0. The number of nitrogens with one attached hydrogen (secondary N) is 1. The Morgan fingerprint density at radius 1 is 1.00 bits per heavy atom. The summed E-state index contributed by atoms with van der Waals surface area (Å²) in [5.74, 6) is 1.93. The number of H-pyrrole nitrogens is 1. The van der Waals surface area contributed by atoms with Gasteiger partial charge in [0.25, 0.3) is 0 Å². The number of hydrogen-bond donors (Lipinski definition) is 2. The lowest BCUT2D eigenvalue weighted by Crippen LogP contribution is -2.03. The molecule has 2 N–H and O–H groups in total. The normalized spacial score (nSPS) is 11.4. The smallest absolute Gasteiger partial charge is 0.159 e. The monoisotopic (exact) mass is 445 g/mol. The fourth-order valence-electron chi connectivity index (χ4n) is 3.66. The Morgan fingerprint density at radius 2 is 1.73 bits per heavy atom. The summed E-state index contributed by atoms with van der Waals surface area (Å²) in [5, 5.41) is 10.3. The number of ketones is 1. The van der Waals surface area contributed by atoms with E-state index in [0.717, 1.165) is 29.0 Å². The minimum absolute atomic E-state index is 0.0594. The molecule has 0 spiro atoms. The summed E-state index contributed by atoms with van der Waals surface area (Å²) in [6.07, 6.45) is 2.97. The van der Waals surface area contributed by atoms with Crippen molar-refractivity contribution in [1.82, 2.24) is 4.98 Å². The standard InChI is InChI=1S/C16H16O3.C12H15NO/c1-11(17)12-4-6-13(7-5-12)15-10-14(18-2)8-9-16(15)19-3;1-9(8-14)6-10-7-13-12-5-3-2-4-11(10)12/h4-10H,1-3H3;2-5,7,9,13-14H,6,8H2,1H3. The van der Waals surface area contributed by atoms with Crippen molar-refractivity contribution >= 4 is 16.7 Å². The van der Waals surface area contributed by atoms with Gasteiger partial charge in [-0.1, -0.05) is 49.4 Å². The number of methoxy groups -OCH3 is 2. The molecule has 0 aliphatic rings. The van der Waals surface area contributed by atoms with Gasteiger partial charge in [-0.2, -0.15) is 0 Å². The van der Waals surface area contributed by atoms with E-state index in [4.69, 9.17) is 14.6 Å². The number of carbonyl (C=O) groups is 1. The van der Waals surface area contributed by atoms with Crippen molar-refractivity contribution < 1.29 is 19.4 Å². The van der Waals surface area contributed by atoms with E-state index < -0.39 is 0 Å². The molecular weight excluding hydrogens is 414 g/mol. The highest BCUT2D eigenvalue weighted by molar-refractivity contribution is 5.94. The number of para-hydroxylation sites is 1. The van der Waals surface area contributed by atoms with Crippen LogP contribution in [0.5, 0.6) is 11.5 Å². The van der Waals surface area contributed by atoms with Gasteiger partial charge >= 0.3 is 0 Å². The summed E-state index contributed by atoms with van der Waals surface area (Å²) in [4.78, 5) is 14.5. The average Bonchev–Trinajstić information content (AvgIpc) is 3.26.